The lowest BCUT2D eigenvalue weighted by Gasteiger charge is -2.07. The second-order valence-electron chi connectivity index (χ2n) is 3.30. The van der Waals surface area contributed by atoms with Gasteiger partial charge in [-0.1, -0.05) is 29.3 Å². The first kappa shape index (κ1) is 12.0. The molecule has 15 heavy (non-hydrogen) atoms. The van der Waals surface area contributed by atoms with E-state index in [0.29, 0.717) is 12.0 Å². The molecule has 1 aromatic rings. The molecule has 0 heterocycles. The number of ketones is 1. The lowest BCUT2D eigenvalue weighted by atomic mass is 10.0. The molecule has 82 valence electrons. The molecule has 0 saturated heterocycles. The summed E-state index contributed by atoms with van der Waals surface area (Å²) in [5.74, 6) is -0.317. The molecule has 0 fully saturated rings. The molecular weight excluding hydrogens is 260 g/mol. The summed E-state index contributed by atoms with van der Waals surface area (Å²) in [7, 11) is 0. The Bertz CT molecular complexity index is 374. The van der Waals surface area contributed by atoms with E-state index in [4.69, 9.17) is 0 Å². The average molecular weight is 273 g/mol. The predicted molar refractivity (Wildman–Crippen MR) is 61.9 cm³/mol. The summed E-state index contributed by atoms with van der Waals surface area (Å²) >= 11 is 3.04. The van der Waals surface area contributed by atoms with Crippen molar-refractivity contribution in [2.45, 2.75) is 19.8 Å². The number of rotatable bonds is 4. The number of hydrogen-bond acceptors (Lipinski definition) is 3. The standard InChI is InChI=1S/C11H13BrO3/c1-2-3-7-4-8(11(15)6-12)10(14)5-9(7)13/h4-5,13-14H,2-3,6H2,1H3. The first-order chi connectivity index (χ1) is 7.10. The van der Waals surface area contributed by atoms with E-state index in [9.17, 15) is 15.0 Å². The van der Waals surface area contributed by atoms with Crippen molar-refractivity contribution in [3.05, 3.63) is 23.3 Å². The van der Waals surface area contributed by atoms with Crippen LogP contribution in [-0.2, 0) is 6.42 Å². The highest BCUT2D eigenvalue weighted by molar-refractivity contribution is 9.09. The van der Waals surface area contributed by atoms with Crippen LogP contribution in [-0.4, -0.2) is 21.3 Å². The van der Waals surface area contributed by atoms with Crippen molar-refractivity contribution in [3.8, 4) is 11.5 Å². The van der Waals surface area contributed by atoms with Crippen LogP contribution < -0.4 is 0 Å². The van der Waals surface area contributed by atoms with E-state index < -0.39 is 0 Å². The summed E-state index contributed by atoms with van der Waals surface area (Å²) in [6.45, 7) is 1.98. The molecule has 2 N–H and O–H groups in total. The molecule has 1 rings (SSSR count). The van der Waals surface area contributed by atoms with Crippen LogP contribution in [0.4, 0.5) is 0 Å². The molecule has 4 heteroatoms. The number of halogens is 1. The maximum absolute atomic E-state index is 11.4. The van der Waals surface area contributed by atoms with Gasteiger partial charge in [0.25, 0.3) is 0 Å². The molecule has 0 radical (unpaired) electrons. The number of aromatic hydroxyl groups is 2. The molecule has 0 aromatic heterocycles. The first-order valence-corrected chi connectivity index (χ1v) is 5.86. The van der Waals surface area contributed by atoms with Crippen LogP contribution in [0.1, 0.15) is 29.3 Å². The number of hydrogen-bond donors (Lipinski definition) is 2. The molecule has 0 bridgehead atoms. The third-order valence-corrected chi connectivity index (χ3v) is 2.65. The number of phenolic OH excluding ortho intramolecular Hbond substituents is 2. The molecular formula is C11H13BrO3. The maximum Gasteiger partial charge on any atom is 0.177 e. The van der Waals surface area contributed by atoms with Crippen molar-refractivity contribution < 1.29 is 15.0 Å². The van der Waals surface area contributed by atoms with Gasteiger partial charge in [0.1, 0.15) is 11.5 Å². The van der Waals surface area contributed by atoms with Gasteiger partial charge in [0.15, 0.2) is 5.78 Å². The van der Waals surface area contributed by atoms with Gasteiger partial charge in [-0.3, -0.25) is 4.79 Å². The van der Waals surface area contributed by atoms with E-state index >= 15 is 0 Å². The normalized spacial score (nSPS) is 10.3. The van der Waals surface area contributed by atoms with E-state index in [-0.39, 0.29) is 28.2 Å². The number of carbonyl (C=O) groups excluding carboxylic acids is 1. The predicted octanol–water partition coefficient (Wildman–Crippen LogP) is 2.63. The second-order valence-corrected chi connectivity index (χ2v) is 3.87. The topological polar surface area (TPSA) is 57.5 Å². The van der Waals surface area contributed by atoms with Gasteiger partial charge < -0.3 is 10.2 Å². The molecule has 3 nitrogen and oxygen atoms in total. The van der Waals surface area contributed by atoms with Gasteiger partial charge in [0.05, 0.1) is 10.9 Å². The van der Waals surface area contributed by atoms with Crippen LogP contribution in [0.15, 0.2) is 12.1 Å². The fraction of sp³-hybridized carbons (Fsp3) is 0.364. The van der Waals surface area contributed by atoms with E-state index in [1.54, 1.807) is 6.07 Å². The van der Waals surface area contributed by atoms with Crippen molar-refractivity contribution in [1.29, 1.82) is 0 Å². The molecule has 0 spiro atoms. The number of alkyl halides is 1. The van der Waals surface area contributed by atoms with Crippen molar-refractivity contribution in [3.63, 3.8) is 0 Å². The Morgan fingerprint density at radius 2 is 2.00 bits per heavy atom. The summed E-state index contributed by atoms with van der Waals surface area (Å²) in [6, 6.07) is 2.78. The van der Waals surface area contributed by atoms with E-state index in [0.717, 1.165) is 6.42 Å². The Balaban J connectivity index is 3.17. The van der Waals surface area contributed by atoms with Gasteiger partial charge in [-0.05, 0) is 18.1 Å². The highest BCUT2D eigenvalue weighted by Crippen LogP contribution is 2.28. The van der Waals surface area contributed by atoms with Crippen molar-refractivity contribution in [1.82, 2.24) is 0 Å². The smallest absolute Gasteiger partial charge is 0.177 e. The summed E-state index contributed by atoms with van der Waals surface area (Å²) < 4.78 is 0. The van der Waals surface area contributed by atoms with Crippen LogP contribution in [0, 0.1) is 0 Å². The highest BCUT2D eigenvalue weighted by Gasteiger charge is 2.13. The Morgan fingerprint density at radius 3 is 2.53 bits per heavy atom. The fourth-order valence-electron chi connectivity index (χ4n) is 1.39. The zero-order valence-corrected chi connectivity index (χ0v) is 10.0. The average Bonchev–Trinajstić information content (AvgIpc) is 2.21. The van der Waals surface area contributed by atoms with Gasteiger partial charge in [-0.15, -0.1) is 0 Å². The van der Waals surface area contributed by atoms with E-state index in [1.807, 2.05) is 6.92 Å². The van der Waals surface area contributed by atoms with Crippen molar-refractivity contribution in [2.75, 3.05) is 5.33 Å². The number of carbonyl (C=O) groups is 1. The first-order valence-electron chi connectivity index (χ1n) is 4.74. The van der Waals surface area contributed by atoms with Gasteiger partial charge in [0.2, 0.25) is 0 Å². The third kappa shape index (κ3) is 2.72. The van der Waals surface area contributed by atoms with Gasteiger partial charge >= 0.3 is 0 Å². The van der Waals surface area contributed by atoms with Crippen LogP contribution in [0.3, 0.4) is 0 Å². The van der Waals surface area contributed by atoms with Gasteiger partial charge in [-0.25, -0.2) is 0 Å². The van der Waals surface area contributed by atoms with Crippen LogP contribution in [0.5, 0.6) is 11.5 Å². The summed E-state index contributed by atoms with van der Waals surface area (Å²) in [4.78, 5) is 11.4. The Labute approximate surface area is 96.9 Å². The quantitative estimate of drug-likeness (QED) is 0.655. The summed E-state index contributed by atoms with van der Waals surface area (Å²) in [5, 5.41) is 19.2. The molecule has 0 atom stereocenters. The SMILES string of the molecule is CCCc1cc(C(=O)CBr)c(O)cc1O. The molecule has 1 aromatic carbocycles. The molecule has 0 amide bonds. The highest BCUT2D eigenvalue weighted by atomic mass is 79.9. The zero-order valence-electron chi connectivity index (χ0n) is 8.46. The fourth-order valence-corrected chi connectivity index (χ4v) is 1.69. The van der Waals surface area contributed by atoms with Crippen molar-refractivity contribution >= 4 is 21.7 Å². The minimum absolute atomic E-state index is 0.0421. The number of Topliss-reactive ketones (excluding diaryl/α,β-unsaturated/α-hetero) is 1. The number of aryl methyl sites for hydroxylation is 1. The largest absolute Gasteiger partial charge is 0.508 e. The molecule has 0 saturated carbocycles. The molecule has 0 aliphatic rings. The molecule has 0 aliphatic heterocycles. The molecule has 0 aliphatic carbocycles. The number of benzene rings is 1. The van der Waals surface area contributed by atoms with Crippen molar-refractivity contribution in [2.24, 2.45) is 0 Å². The van der Waals surface area contributed by atoms with E-state index in [2.05, 4.69) is 15.9 Å². The minimum atomic E-state index is -0.190. The Kier molecular flexibility index (Phi) is 4.15. The molecule has 0 unspecified atom stereocenters. The van der Waals surface area contributed by atoms with Crippen LogP contribution >= 0.6 is 15.9 Å². The number of phenols is 2. The third-order valence-electron chi connectivity index (χ3n) is 2.14. The van der Waals surface area contributed by atoms with Gasteiger partial charge in [0, 0.05) is 6.07 Å². The Hall–Kier alpha value is -1.03. The van der Waals surface area contributed by atoms with E-state index in [1.165, 1.54) is 6.07 Å². The second kappa shape index (κ2) is 5.16. The lowest BCUT2D eigenvalue weighted by Crippen LogP contribution is -2.01. The summed E-state index contributed by atoms with van der Waals surface area (Å²) in [6.07, 6.45) is 1.56. The zero-order chi connectivity index (χ0) is 11.4. The van der Waals surface area contributed by atoms with Crippen LogP contribution in [0.25, 0.3) is 0 Å². The van der Waals surface area contributed by atoms with Crippen LogP contribution in [0.2, 0.25) is 0 Å². The summed E-state index contributed by atoms with van der Waals surface area (Å²) in [5.41, 5.74) is 0.952. The minimum Gasteiger partial charge on any atom is -0.508 e. The van der Waals surface area contributed by atoms with Gasteiger partial charge in [-0.2, -0.15) is 0 Å². The maximum atomic E-state index is 11.4. The lowest BCUT2D eigenvalue weighted by molar-refractivity contribution is 0.102. The monoisotopic (exact) mass is 272 g/mol. The Morgan fingerprint density at radius 1 is 1.33 bits per heavy atom.